The van der Waals surface area contributed by atoms with Crippen LogP contribution in [0.25, 0.3) is 0 Å². The maximum Gasteiger partial charge on any atom is 0.168 e. The van der Waals surface area contributed by atoms with Crippen molar-refractivity contribution in [1.29, 1.82) is 0 Å². The Morgan fingerprint density at radius 2 is 1.86 bits per heavy atom. The predicted molar refractivity (Wildman–Crippen MR) is 112 cm³/mol. The van der Waals surface area contributed by atoms with E-state index in [2.05, 4.69) is 71.2 Å². The molecule has 0 saturated carbocycles. The second-order valence-electron chi connectivity index (χ2n) is 8.21. The van der Waals surface area contributed by atoms with Gasteiger partial charge in [0.1, 0.15) is 0 Å². The number of rotatable bonds is 8. The van der Waals surface area contributed by atoms with E-state index in [0.29, 0.717) is 19.1 Å². The van der Waals surface area contributed by atoms with Crippen LogP contribution in [-0.2, 0) is 11.3 Å². The van der Waals surface area contributed by atoms with Crippen molar-refractivity contribution in [3.8, 4) is 0 Å². The van der Waals surface area contributed by atoms with Crippen LogP contribution in [0, 0.1) is 19.8 Å². The molecular formula is C21H34N6O. The molecule has 1 fully saturated rings. The number of aromatic nitrogens is 4. The number of hydrogen-bond donors (Lipinski definition) is 0. The zero-order valence-corrected chi connectivity index (χ0v) is 17.9. The Kier molecular flexibility index (Phi) is 7.02. The predicted octanol–water partition coefficient (Wildman–Crippen LogP) is 2.85. The summed E-state index contributed by atoms with van der Waals surface area (Å²) in [6.07, 6.45) is 1.05. The van der Waals surface area contributed by atoms with Gasteiger partial charge in [-0.15, -0.1) is 5.10 Å². The van der Waals surface area contributed by atoms with Gasteiger partial charge in [0.15, 0.2) is 5.82 Å². The highest BCUT2D eigenvalue weighted by atomic mass is 16.5. The summed E-state index contributed by atoms with van der Waals surface area (Å²) in [7, 11) is 1.71. The number of benzene rings is 1. The lowest BCUT2D eigenvalue weighted by molar-refractivity contribution is 0.145. The van der Waals surface area contributed by atoms with Crippen molar-refractivity contribution in [2.75, 3.05) is 44.8 Å². The summed E-state index contributed by atoms with van der Waals surface area (Å²) in [6, 6.07) is 6.96. The molecule has 0 spiro atoms. The highest BCUT2D eigenvalue weighted by Crippen LogP contribution is 2.29. The molecule has 1 aliphatic heterocycles. The van der Waals surface area contributed by atoms with Crippen LogP contribution in [0.4, 0.5) is 5.69 Å². The molecular weight excluding hydrogens is 352 g/mol. The van der Waals surface area contributed by atoms with E-state index in [1.165, 1.54) is 16.8 Å². The Bertz CT molecular complexity index is 751. The average Bonchev–Trinajstić information content (AvgIpc) is 3.14. The average molecular weight is 387 g/mol. The van der Waals surface area contributed by atoms with Gasteiger partial charge in [-0.25, -0.2) is 4.68 Å². The fraction of sp³-hybridized carbons (Fsp3) is 0.667. The van der Waals surface area contributed by atoms with Crippen molar-refractivity contribution >= 4 is 5.69 Å². The molecule has 7 heteroatoms. The van der Waals surface area contributed by atoms with Crippen LogP contribution in [0.3, 0.4) is 0 Å². The van der Waals surface area contributed by atoms with Crippen molar-refractivity contribution in [1.82, 2.24) is 25.1 Å². The van der Waals surface area contributed by atoms with Gasteiger partial charge < -0.3 is 9.64 Å². The van der Waals surface area contributed by atoms with E-state index in [1.807, 2.05) is 4.68 Å². The standard InChI is InChI=1S/C21H34N6O/c1-16(2)14-20(21-22-23-24-27(21)12-13-28-5)26-10-8-25(9-11-26)19-15-17(3)6-7-18(19)4/h6-7,15-16,20H,8-14H2,1-5H3/t20-/m1/s1. The lowest BCUT2D eigenvalue weighted by atomic mass is 10.0. The highest BCUT2D eigenvalue weighted by molar-refractivity contribution is 5.55. The first kappa shape index (κ1) is 20.7. The van der Waals surface area contributed by atoms with Crippen LogP contribution >= 0.6 is 0 Å². The summed E-state index contributed by atoms with van der Waals surface area (Å²) in [5.41, 5.74) is 4.03. The normalized spacial score (nSPS) is 16.7. The van der Waals surface area contributed by atoms with Crippen LogP contribution in [0.15, 0.2) is 18.2 Å². The van der Waals surface area contributed by atoms with E-state index < -0.39 is 0 Å². The number of hydrogen-bond acceptors (Lipinski definition) is 6. The molecule has 3 rings (SSSR count). The van der Waals surface area contributed by atoms with Gasteiger partial charge in [0, 0.05) is 39.0 Å². The molecule has 2 heterocycles. The molecule has 0 radical (unpaired) electrons. The van der Waals surface area contributed by atoms with E-state index in [4.69, 9.17) is 4.74 Å². The first-order valence-corrected chi connectivity index (χ1v) is 10.3. The Balaban J connectivity index is 1.73. The number of methoxy groups -OCH3 is 1. The van der Waals surface area contributed by atoms with Gasteiger partial charge in [0.25, 0.3) is 0 Å². The molecule has 0 unspecified atom stereocenters. The monoisotopic (exact) mass is 386 g/mol. The third kappa shape index (κ3) is 4.89. The second-order valence-corrected chi connectivity index (χ2v) is 8.21. The molecule has 154 valence electrons. The van der Waals surface area contributed by atoms with Crippen molar-refractivity contribution in [2.45, 2.75) is 46.7 Å². The first-order valence-electron chi connectivity index (χ1n) is 10.3. The molecule has 1 aromatic heterocycles. The fourth-order valence-electron chi connectivity index (χ4n) is 3.99. The molecule has 1 atom stereocenters. The van der Waals surface area contributed by atoms with Crippen molar-refractivity contribution in [3.05, 3.63) is 35.2 Å². The molecule has 0 bridgehead atoms. The Hall–Kier alpha value is -1.99. The van der Waals surface area contributed by atoms with Gasteiger partial charge in [0.05, 0.1) is 19.2 Å². The Morgan fingerprint density at radius 3 is 2.54 bits per heavy atom. The Morgan fingerprint density at radius 1 is 1.11 bits per heavy atom. The first-order chi connectivity index (χ1) is 13.5. The van der Waals surface area contributed by atoms with Crippen molar-refractivity contribution in [2.24, 2.45) is 5.92 Å². The third-order valence-electron chi connectivity index (χ3n) is 5.52. The summed E-state index contributed by atoms with van der Waals surface area (Å²) in [5, 5.41) is 12.5. The van der Waals surface area contributed by atoms with E-state index in [9.17, 15) is 0 Å². The van der Waals surface area contributed by atoms with Crippen LogP contribution in [-0.4, -0.2) is 65.0 Å². The van der Waals surface area contributed by atoms with Gasteiger partial charge in [0.2, 0.25) is 0 Å². The molecule has 1 aliphatic rings. The van der Waals surface area contributed by atoms with Crippen molar-refractivity contribution < 1.29 is 4.74 Å². The summed E-state index contributed by atoms with van der Waals surface area (Å²) >= 11 is 0. The van der Waals surface area contributed by atoms with Crippen LogP contribution in [0.1, 0.15) is 43.3 Å². The highest BCUT2D eigenvalue weighted by Gasteiger charge is 2.30. The van der Waals surface area contributed by atoms with Crippen LogP contribution in [0.5, 0.6) is 0 Å². The number of ether oxygens (including phenoxy) is 1. The summed E-state index contributed by atoms with van der Waals surface area (Å²) in [4.78, 5) is 5.07. The quantitative estimate of drug-likeness (QED) is 0.695. The van der Waals surface area contributed by atoms with Crippen LogP contribution in [0.2, 0.25) is 0 Å². The minimum atomic E-state index is 0.243. The zero-order valence-electron chi connectivity index (χ0n) is 17.9. The van der Waals surface area contributed by atoms with Gasteiger partial charge >= 0.3 is 0 Å². The van der Waals surface area contributed by atoms with E-state index >= 15 is 0 Å². The minimum Gasteiger partial charge on any atom is -0.383 e. The molecule has 0 N–H and O–H groups in total. The second kappa shape index (κ2) is 9.47. The molecule has 0 amide bonds. The summed E-state index contributed by atoms with van der Waals surface area (Å²) in [5.74, 6) is 1.54. The maximum absolute atomic E-state index is 5.22. The van der Waals surface area contributed by atoms with E-state index in [-0.39, 0.29) is 6.04 Å². The SMILES string of the molecule is COCCn1nnnc1[C@@H](CC(C)C)N1CCN(c2cc(C)ccc2C)CC1. The molecule has 28 heavy (non-hydrogen) atoms. The number of aryl methyl sites for hydroxylation is 2. The minimum absolute atomic E-state index is 0.243. The van der Waals surface area contributed by atoms with Gasteiger partial charge in [-0.3, -0.25) is 4.90 Å². The third-order valence-corrected chi connectivity index (χ3v) is 5.52. The van der Waals surface area contributed by atoms with Gasteiger partial charge in [-0.1, -0.05) is 26.0 Å². The summed E-state index contributed by atoms with van der Waals surface area (Å²) < 4.78 is 7.13. The number of anilines is 1. The van der Waals surface area contributed by atoms with Gasteiger partial charge in [-0.05, 0) is 53.8 Å². The van der Waals surface area contributed by atoms with E-state index in [1.54, 1.807) is 7.11 Å². The lowest BCUT2D eigenvalue weighted by Gasteiger charge is -2.40. The fourth-order valence-corrected chi connectivity index (χ4v) is 3.99. The van der Waals surface area contributed by atoms with Crippen molar-refractivity contribution in [3.63, 3.8) is 0 Å². The Labute approximate surface area is 168 Å². The zero-order chi connectivity index (χ0) is 20.1. The largest absolute Gasteiger partial charge is 0.383 e. The van der Waals surface area contributed by atoms with E-state index in [0.717, 1.165) is 38.4 Å². The molecule has 2 aromatic rings. The van der Waals surface area contributed by atoms with Crippen LogP contribution < -0.4 is 4.90 Å². The summed E-state index contributed by atoms with van der Waals surface area (Å²) in [6.45, 7) is 14.3. The smallest absolute Gasteiger partial charge is 0.168 e. The molecule has 1 aromatic carbocycles. The lowest BCUT2D eigenvalue weighted by Crippen LogP contribution is -2.48. The number of piperazine rings is 1. The topological polar surface area (TPSA) is 59.3 Å². The molecule has 0 aliphatic carbocycles. The van der Waals surface area contributed by atoms with Gasteiger partial charge in [-0.2, -0.15) is 0 Å². The number of tetrazole rings is 1. The maximum atomic E-state index is 5.22. The number of nitrogens with zero attached hydrogens (tertiary/aromatic N) is 6. The molecule has 1 saturated heterocycles. The molecule has 7 nitrogen and oxygen atoms in total.